The van der Waals surface area contributed by atoms with E-state index in [0.717, 1.165) is 72.9 Å². The lowest BCUT2D eigenvalue weighted by Crippen LogP contribution is -1.91. The molecule has 0 aliphatic rings. The van der Waals surface area contributed by atoms with Crippen molar-refractivity contribution >= 4 is 5.65 Å². The van der Waals surface area contributed by atoms with Gasteiger partial charge in [0.15, 0.2) is 0 Å². The second-order valence-electron chi connectivity index (χ2n) is 11.0. The molecular weight excluding hydrogens is 546 g/mol. The zero-order chi connectivity index (χ0) is 30.9. The summed E-state index contributed by atoms with van der Waals surface area (Å²) in [5, 5.41) is 0. The molecule has 3 aromatic heterocycles. The van der Waals surface area contributed by atoms with Gasteiger partial charge in [0.1, 0.15) is 5.65 Å². The van der Waals surface area contributed by atoms with Gasteiger partial charge in [-0.3, -0.25) is 4.40 Å². The van der Waals surface area contributed by atoms with E-state index in [9.17, 15) is 0 Å². The van der Waals surface area contributed by atoms with Crippen molar-refractivity contribution in [2.24, 2.45) is 0 Å². The van der Waals surface area contributed by atoms with Crippen LogP contribution in [0, 0.1) is 0 Å². The minimum atomic E-state index is 0.461. The number of hydrogen-bond donors (Lipinski definition) is 0. The normalized spacial score (nSPS) is 11.4. The first-order valence-corrected chi connectivity index (χ1v) is 15.1. The van der Waals surface area contributed by atoms with Crippen LogP contribution in [-0.2, 0) is 0 Å². The summed E-state index contributed by atoms with van der Waals surface area (Å²) >= 11 is 0. The highest BCUT2D eigenvalue weighted by atomic mass is 15.0. The van der Waals surface area contributed by atoms with Gasteiger partial charge in [0, 0.05) is 28.5 Å². The van der Waals surface area contributed by atoms with Crippen LogP contribution < -0.4 is 0 Å². The minimum absolute atomic E-state index is 0.461. The molecular formula is C42H29N3. The van der Waals surface area contributed by atoms with Crippen molar-refractivity contribution in [1.82, 2.24) is 14.4 Å². The van der Waals surface area contributed by atoms with E-state index in [0.29, 0.717) is 6.04 Å². The fourth-order valence-electron chi connectivity index (χ4n) is 5.91. The van der Waals surface area contributed by atoms with E-state index in [2.05, 4.69) is 102 Å². The van der Waals surface area contributed by atoms with Crippen molar-refractivity contribution in [1.29, 1.82) is 0 Å². The molecule has 0 fully saturated rings. The maximum atomic E-state index is 8.74. The predicted molar refractivity (Wildman–Crippen MR) is 186 cm³/mol. The van der Waals surface area contributed by atoms with Crippen LogP contribution in [0.25, 0.3) is 72.9 Å². The zero-order valence-corrected chi connectivity index (χ0v) is 24.5. The molecule has 3 heterocycles. The van der Waals surface area contributed by atoms with Crippen LogP contribution >= 0.6 is 0 Å². The van der Waals surface area contributed by atoms with Gasteiger partial charge in [-0.1, -0.05) is 140 Å². The van der Waals surface area contributed by atoms with Crippen LogP contribution in [0.4, 0.5) is 0 Å². The molecule has 8 rings (SSSR count). The van der Waals surface area contributed by atoms with E-state index >= 15 is 0 Å². The maximum Gasteiger partial charge on any atom is 0.137 e. The largest absolute Gasteiger partial charge is 0.299 e. The molecule has 0 radical (unpaired) electrons. The smallest absolute Gasteiger partial charge is 0.137 e. The van der Waals surface area contributed by atoms with Gasteiger partial charge in [0.2, 0.25) is 0 Å². The van der Waals surface area contributed by atoms with Gasteiger partial charge in [-0.15, -0.1) is 0 Å². The van der Waals surface area contributed by atoms with Gasteiger partial charge in [-0.05, 0) is 52.6 Å². The Balaban J connectivity index is 1.20. The van der Waals surface area contributed by atoms with Crippen LogP contribution in [-0.4, -0.2) is 14.4 Å². The van der Waals surface area contributed by atoms with Gasteiger partial charge >= 0.3 is 0 Å². The van der Waals surface area contributed by atoms with Crippen molar-refractivity contribution in [3.8, 4) is 67.3 Å². The van der Waals surface area contributed by atoms with Gasteiger partial charge < -0.3 is 0 Å². The molecule has 3 heteroatoms. The summed E-state index contributed by atoms with van der Waals surface area (Å²) in [5.41, 5.74) is 13.1. The standard InChI is InChI=1S/C42H29N3/c1-4-13-31(14-5-1)38-28-37(29-39(43-38)32-15-6-2-7-16-32)36-20-12-19-35(27-36)30-22-24-33(25-23-30)41-42(34-17-8-3-9-18-34)45-26-11-10-21-40(45)44-41/h1-29H/i12D. The summed E-state index contributed by atoms with van der Waals surface area (Å²) < 4.78 is 10.9. The predicted octanol–water partition coefficient (Wildman–Crippen LogP) is 10.7. The zero-order valence-electron chi connectivity index (χ0n) is 25.5. The number of hydrogen-bond acceptors (Lipinski definition) is 2. The van der Waals surface area contributed by atoms with Gasteiger partial charge in [0.25, 0.3) is 0 Å². The van der Waals surface area contributed by atoms with Crippen LogP contribution in [0.5, 0.6) is 0 Å². The molecule has 0 saturated heterocycles. The lowest BCUT2D eigenvalue weighted by molar-refractivity contribution is 1.19. The molecule has 212 valence electrons. The van der Waals surface area contributed by atoms with Gasteiger partial charge in [-0.25, -0.2) is 9.97 Å². The van der Waals surface area contributed by atoms with Crippen LogP contribution in [0.2, 0.25) is 0 Å². The lowest BCUT2D eigenvalue weighted by atomic mass is 9.96. The highest BCUT2D eigenvalue weighted by molar-refractivity contribution is 5.84. The van der Waals surface area contributed by atoms with E-state index in [1.807, 2.05) is 72.8 Å². The van der Waals surface area contributed by atoms with Crippen LogP contribution in [0.1, 0.15) is 1.37 Å². The third-order valence-corrected chi connectivity index (χ3v) is 8.16. The van der Waals surface area contributed by atoms with E-state index < -0.39 is 0 Å². The Kier molecular flexibility index (Phi) is 6.53. The second kappa shape index (κ2) is 11.6. The number of pyridine rings is 2. The molecule has 0 unspecified atom stereocenters. The summed E-state index contributed by atoms with van der Waals surface area (Å²) in [4.78, 5) is 10.1. The Morgan fingerprint density at radius 2 is 0.933 bits per heavy atom. The molecule has 0 atom stereocenters. The summed E-state index contributed by atoms with van der Waals surface area (Å²) in [5.74, 6) is 0. The van der Waals surface area contributed by atoms with E-state index in [1.165, 1.54) is 0 Å². The quantitative estimate of drug-likeness (QED) is 0.197. The first-order valence-electron chi connectivity index (χ1n) is 15.6. The summed E-state index contributed by atoms with van der Waals surface area (Å²) in [6.45, 7) is 0. The Labute approximate surface area is 264 Å². The molecule has 0 bridgehead atoms. The topological polar surface area (TPSA) is 30.2 Å². The van der Waals surface area contributed by atoms with Crippen molar-refractivity contribution < 1.29 is 1.37 Å². The lowest BCUT2D eigenvalue weighted by Gasteiger charge is -2.12. The molecule has 0 saturated carbocycles. The van der Waals surface area contributed by atoms with Crippen molar-refractivity contribution in [2.45, 2.75) is 0 Å². The molecule has 8 aromatic rings. The molecule has 0 N–H and O–H groups in total. The number of fused-ring (bicyclic) bond motifs is 1. The van der Waals surface area contributed by atoms with Gasteiger partial charge in [0.05, 0.1) is 24.1 Å². The second-order valence-corrected chi connectivity index (χ2v) is 11.0. The number of benzene rings is 5. The molecule has 0 amide bonds. The summed E-state index contributed by atoms with van der Waals surface area (Å²) in [6.07, 6.45) is 2.06. The highest BCUT2D eigenvalue weighted by Crippen LogP contribution is 2.35. The molecule has 3 nitrogen and oxygen atoms in total. The molecule has 45 heavy (non-hydrogen) atoms. The maximum absolute atomic E-state index is 8.74. The fourth-order valence-corrected chi connectivity index (χ4v) is 5.91. The van der Waals surface area contributed by atoms with Gasteiger partial charge in [-0.2, -0.15) is 0 Å². The average Bonchev–Trinajstić information content (AvgIpc) is 3.52. The molecule has 0 spiro atoms. The Morgan fingerprint density at radius 3 is 1.56 bits per heavy atom. The number of aromatic nitrogens is 3. The first kappa shape index (κ1) is 25.4. The van der Waals surface area contributed by atoms with Crippen molar-refractivity contribution in [2.75, 3.05) is 0 Å². The third kappa shape index (κ3) is 5.21. The minimum Gasteiger partial charge on any atom is -0.299 e. The molecule has 5 aromatic carbocycles. The van der Waals surface area contributed by atoms with Crippen LogP contribution in [0.3, 0.4) is 0 Å². The highest BCUT2D eigenvalue weighted by Gasteiger charge is 2.16. The molecule has 0 aliphatic carbocycles. The number of nitrogens with zero attached hydrogens (tertiary/aromatic N) is 3. The summed E-state index contributed by atoms with van der Waals surface area (Å²) in [7, 11) is 0. The van der Waals surface area contributed by atoms with E-state index in [-0.39, 0.29) is 0 Å². The first-order chi connectivity index (χ1) is 22.7. The number of imidazole rings is 1. The Bertz CT molecular complexity index is 2240. The van der Waals surface area contributed by atoms with E-state index in [4.69, 9.17) is 11.3 Å². The van der Waals surface area contributed by atoms with Crippen molar-refractivity contribution in [3.05, 3.63) is 176 Å². The number of rotatable bonds is 6. The van der Waals surface area contributed by atoms with Crippen LogP contribution in [0.15, 0.2) is 176 Å². The monoisotopic (exact) mass is 576 g/mol. The van der Waals surface area contributed by atoms with Crippen molar-refractivity contribution in [3.63, 3.8) is 0 Å². The average molecular weight is 577 g/mol. The molecule has 0 aliphatic heterocycles. The fraction of sp³-hybridized carbons (Fsp3) is 0. The third-order valence-electron chi connectivity index (χ3n) is 8.16. The Hall–Kier alpha value is -6.06. The SMILES string of the molecule is [2H]c1cc(-c2ccc(-c3nc4ccccn4c3-c3ccccc3)cc2)cc(-c2cc(-c3ccccc3)nc(-c3ccccc3)c2)c1. The Morgan fingerprint density at radius 1 is 0.400 bits per heavy atom. The summed E-state index contributed by atoms with van der Waals surface area (Å²) in [6, 6.07) is 56.3. The van der Waals surface area contributed by atoms with E-state index in [1.54, 1.807) is 0 Å².